The first-order valence-corrected chi connectivity index (χ1v) is 5.77. The third-order valence-electron chi connectivity index (χ3n) is 2.62. The molecular formula is C12H7NO3S. The molecule has 3 rings (SSSR count). The molecule has 0 aliphatic carbocycles. The van der Waals surface area contributed by atoms with E-state index >= 15 is 0 Å². The number of carbonyl (C=O) groups excluding carboxylic acids is 2. The first kappa shape index (κ1) is 10.2. The van der Waals surface area contributed by atoms with E-state index in [-0.39, 0.29) is 5.97 Å². The lowest BCUT2D eigenvalue weighted by Gasteiger charge is -1.98. The first-order chi connectivity index (χ1) is 8.28. The number of hydrogen-bond donors (Lipinski definition) is 0. The lowest BCUT2D eigenvalue weighted by atomic mass is 10.0. The summed E-state index contributed by atoms with van der Waals surface area (Å²) in [5.74, 6) is -0.279. The summed E-state index contributed by atoms with van der Waals surface area (Å²) in [4.78, 5) is 22.5. The van der Waals surface area contributed by atoms with Crippen molar-refractivity contribution in [1.82, 2.24) is 4.37 Å². The Morgan fingerprint density at radius 3 is 3.00 bits per heavy atom. The summed E-state index contributed by atoms with van der Waals surface area (Å²) >= 11 is 1.16. The minimum atomic E-state index is -0.279. The van der Waals surface area contributed by atoms with Crippen LogP contribution in [-0.4, -0.2) is 16.6 Å². The minimum Gasteiger partial charge on any atom is -0.457 e. The van der Waals surface area contributed by atoms with E-state index in [2.05, 4.69) is 4.37 Å². The number of cyclic esters (lactones) is 1. The fraction of sp³-hybridized carbons (Fsp3) is 0.0833. The van der Waals surface area contributed by atoms with E-state index in [1.165, 1.54) is 0 Å². The van der Waals surface area contributed by atoms with Gasteiger partial charge in [0.1, 0.15) is 6.61 Å². The van der Waals surface area contributed by atoms with Crippen molar-refractivity contribution in [3.8, 4) is 11.3 Å². The van der Waals surface area contributed by atoms with Crippen molar-refractivity contribution in [2.24, 2.45) is 0 Å². The van der Waals surface area contributed by atoms with Crippen LogP contribution in [0, 0.1) is 0 Å². The highest BCUT2D eigenvalue weighted by Gasteiger charge is 2.21. The number of esters is 1. The molecule has 1 aromatic carbocycles. The van der Waals surface area contributed by atoms with Crippen LogP contribution < -0.4 is 0 Å². The van der Waals surface area contributed by atoms with Crippen LogP contribution in [0.2, 0.25) is 0 Å². The van der Waals surface area contributed by atoms with Gasteiger partial charge in [0.15, 0.2) is 6.29 Å². The van der Waals surface area contributed by atoms with Gasteiger partial charge < -0.3 is 4.74 Å². The van der Waals surface area contributed by atoms with Crippen molar-refractivity contribution in [2.45, 2.75) is 6.61 Å². The predicted octanol–water partition coefficient (Wildman–Crippen LogP) is 2.29. The van der Waals surface area contributed by atoms with E-state index in [0.717, 1.165) is 34.6 Å². The van der Waals surface area contributed by atoms with Crippen molar-refractivity contribution in [3.63, 3.8) is 0 Å². The number of fused-ring (bicyclic) bond motifs is 1. The predicted molar refractivity (Wildman–Crippen MR) is 62.1 cm³/mol. The van der Waals surface area contributed by atoms with Gasteiger partial charge in [0.05, 0.1) is 16.1 Å². The van der Waals surface area contributed by atoms with Crippen LogP contribution in [0.1, 0.15) is 25.6 Å². The number of nitrogens with zero attached hydrogens (tertiary/aromatic N) is 1. The van der Waals surface area contributed by atoms with E-state index in [0.29, 0.717) is 17.0 Å². The van der Waals surface area contributed by atoms with Gasteiger partial charge in [-0.1, -0.05) is 6.07 Å². The van der Waals surface area contributed by atoms with Crippen molar-refractivity contribution in [2.75, 3.05) is 0 Å². The molecule has 0 bridgehead atoms. The van der Waals surface area contributed by atoms with Crippen LogP contribution in [0.25, 0.3) is 11.3 Å². The molecule has 0 spiro atoms. The molecule has 0 amide bonds. The Morgan fingerprint density at radius 1 is 1.35 bits per heavy atom. The molecule has 1 aliphatic heterocycles. The Hall–Kier alpha value is -2.01. The Bertz CT molecular complexity index is 618. The molecule has 0 radical (unpaired) electrons. The average Bonchev–Trinajstić information content (AvgIpc) is 2.96. The summed E-state index contributed by atoms with van der Waals surface area (Å²) < 4.78 is 9.11. The zero-order chi connectivity index (χ0) is 11.8. The molecule has 2 heterocycles. The molecule has 17 heavy (non-hydrogen) atoms. The highest BCUT2D eigenvalue weighted by molar-refractivity contribution is 7.07. The Labute approximate surface area is 101 Å². The quantitative estimate of drug-likeness (QED) is 0.601. The maximum atomic E-state index is 11.3. The summed E-state index contributed by atoms with van der Waals surface area (Å²) in [6.07, 6.45) is 0.779. The molecule has 4 nitrogen and oxygen atoms in total. The Kier molecular flexibility index (Phi) is 2.26. The van der Waals surface area contributed by atoms with Gasteiger partial charge in [-0.25, -0.2) is 4.79 Å². The summed E-state index contributed by atoms with van der Waals surface area (Å²) in [6, 6.07) is 7.16. The topological polar surface area (TPSA) is 56.3 Å². The Morgan fingerprint density at radius 2 is 2.24 bits per heavy atom. The fourth-order valence-electron chi connectivity index (χ4n) is 1.77. The molecule has 0 N–H and O–H groups in total. The normalized spacial score (nSPS) is 13.3. The zero-order valence-corrected chi connectivity index (χ0v) is 9.49. The van der Waals surface area contributed by atoms with E-state index in [1.807, 2.05) is 12.1 Å². The van der Waals surface area contributed by atoms with Crippen molar-refractivity contribution < 1.29 is 14.3 Å². The number of aldehydes is 1. The maximum Gasteiger partial charge on any atom is 0.338 e. The summed E-state index contributed by atoms with van der Waals surface area (Å²) in [5.41, 5.74) is 3.12. The van der Waals surface area contributed by atoms with Crippen LogP contribution in [0.3, 0.4) is 0 Å². The highest BCUT2D eigenvalue weighted by atomic mass is 32.1. The third-order valence-corrected chi connectivity index (χ3v) is 3.34. The maximum absolute atomic E-state index is 11.3. The van der Waals surface area contributed by atoms with Crippen molar-refractivity contribution >= 4 is 23.8 Å². The lowest BCUT2D eigenvalue weighted by molar-refractivity contribution is 0.0535. The van der Waals surface area contributed by atoms with Gasteiger partial charge >= 0.3 is 5.97 Å². The largest absolute Gasteiger partial charge is 0.457 e. The highest BCUT2D eigenvalue weighted by Crippen LogP contribution is 2.27. The second-order valence-electron chi connectivity index (χ2n) is 3.68. The molecule has 1 aromatic heterocycles. The van der Waals surface area contributed by atoms with Gasteiger partial charge in [-0.2, -0.15) is 4.37 Å². The van der Waals surface area contributed by atoms with Gasteiger partial charge in [0.2, 0.25) is 0 Å². The molecule has 2 aromatic rings. The molecule has 1 aliphatic rings. The summed E-state index contributed by atoms with van der Waals surface area (Å²) in [7, 11) is 0. The summed E-state index contributed by atoms with van der Waals surface area (Å²) in [6.45, 7) is 0.312. The smallest absolute Gasteiger partial charge is 0.338 e. The van der Waals surface area contributed by atoms with Gasteiger partial charge in [-0.15, -0.1) is 0 Å². The number of benzene rings is 1. The second kappa shape index (κ2) is 3.78. The van der Waals surface area contributed by atoms with E-state index in [1.54, 1.807) is 12.1 Å². The monoisotopic (exact) mass is 245 g/mol. The minimum absolute atomic E-state index is 0.279. The number of carbonyl (C=O) groups is 2. The first-order valence-electron chi connectivity index (χ1n) is 5.00. The number of aromatic nitrogens is 1. The molecule has 84 valence electrons. The van der Waals surface area contributed by atoms with Gasteiger partial charge in [0, 0.05) is 11.1 Å². The van der Waals surface area contributed by atoms with Crippen LogP contribution in [0.5, 0.6) is 0 Å². The molecule has 0 saturated carbocycles. The molecule has 0 saturated heterocycles. The van der Waals surface area contributed by atoms with E-state index in [4.69, 9.17) is 4.74 Å². The molecule has 0 unspecified atom stereocenters. The fourth-order valence-corrected chi connectivity index (χ4v) is 2.34. The van der Waals surface area contributed by atoms with E-state index < -0.39 is 0 Å². The van der Waals surface area contributed by atoms with Gasteiger partial charge in [-0.3, -0.25) is 4.79 Å². The van der Waals surface area contributed by atoms with Gasteiger partial charge in [-0.05, 0) is 29.7 Å². The molecule has 5 heteroatoms. The van der Waals surface area contributed by atoms with Crippen molar-refractivity contribution in [1.29, 1.82) is 0 Å². The standard InChI is InChI=1S/C12H7NO3S/c14-5-9-4-11(13-17-9)7-1-2-10-8(3-7)6-16-12(10)15/h1-5H,6H2. The SMILES string of the molecule is O=Cc1cc(-c2ccc3c(c2)COC3=O)ns1. The molecular weight excluding hydrogens is 238 g/mol. The third kappa shape index (κ3) is 1.64. The van der Waals surface area contributed by atoms with Crippen molar-refractivity contribution in [3.05, 3.63) is 40.3 Å². The molecule has 0 fully saturated rings. The van der Waals surface area contributed by atoms with Crippen LogP contribution in [0.4, 0.5) is 0 Å². The van der Waals surface area contributed by atoms with Crippen LogP contribution >= 0.6 is 11.5 Å². The van der Waals surface area contributed by atoms with E-state index in [9.17, 15) is 9.59 Å². The lowest BCUT2D eigenvalue weighted by Crippen LogP contribution is -1.92. The number of ether oxygens (including phenoxy) is 1. The van der Waals surface area contributed by atoms with Crippen LogP contribution in [-0.2, 0) is 11.3 Å². The average molecular weight is 245 g/mol. The second-order valence-corrected chi connectivity index (χ2v) is 4.52. The Balaban J connectivity index is 2.05. The van der Waals surface area contributed by atoms with Gasteiger partial charge in [0.25, 0.3) is 0 Å². The molecule has 0 atom stereocenters. The number of rotatable bonds is 2. The summed E-state index contributed by atoms with van der Waals surface area (Å²) in [5, 5.41) is 0. The number of hydrogen-bond acceptors (Lipinski definition) is 5. The zero-order valence-electron chi connectivity index (χ0n) is 8.67. The van der Waals surface area contributed by atoms with Crippen LogP contribution in [0.15, 0.2) is 24.3 Å².